The number of furan rings is 1. The molecule has 1 N–H and O–H groups in total. The number of ether oxygens (including phenoxy) is 2. The molecule has 0 saturated carbocycles. The molecule has 1 aromatic heterocycles. The van der Waals surface area contributed by atoms with Crippen molar-refractivity contribution in [3.63, 3.8) is 0 Å². The number of esters is 1. The summed E-state index contributed by atoms with van der Waals surface area (Å²) < 4.78 is 28.8. The molecule has 0 fully saturated rings. The molecule has 2 aromatic carbocycles. The van der Waals surface area contributed by atoms with Gasteiger partial charge in [0.1, 0.15) is 11.4 Å². The Hall–Kier alpha value is -2.90. The normalized spacial score (nSPS) is 10.8. The van der Waals surface area contributed by atoms with Gasteiger partial charge in [-0.05, 0) is 24.3 Å². The maximum Gasteiger partial charge on any atom is 0.375 e. The fourth-order valence-electron chi connectivity index (χ4n) is 2.52. The molecule has 0 saturated heterocycles. The Morgan fingerprint density at radius 1 is 1.22 bits per heavy atom. The number of hydrogen-bond donors (Lipinski definition) is 1. The molecule has 0 aliphatic heterocycles. The first-order valence-electron chi connectivity index (χ1n) is 7.91. The van der Waals surface area contributed by atoms with Crippen molar-refractivity contribution >= 4 is 40.1 Å². The third kappa shape index (κ3) is 4.27. The van der Waals surface area contributed by atoms with E-state index in [1.807, 2.05) is 6.07 Å². The minimum absolute atomic E-state index is 0.0179. The van der Waals surface area contributed by atoms with E-state index in [0.717, 1.165) is 11.5 Å². The summed E-state index contributed by atoms with van der Waals surface area (Å²) in [4.78, 5) is 24.3. The lowest BCUT2D eigenvalue weighted by molar-refractivity contribution is -0.119. The number of para-hydroxylation sites is 1. The third-order valence-corrected chi connectivity index (χ3v) is 4.00. The number of halogens is 2. The Labute approximate surface area is 158 Å². The molecule has 6 nitrogen and oxygen atoms in total. The first-order valence-corrected chi connectivity index (χ1v) is 8.28. The summed E-state index contributed by atoms with van der Waals surface area (Å²) >= 11 is 5.65. The number of rotatable bonds is 6. The molecule has 140 valence electrons. The van der Waals surface area contributed by atoms with Gasteiger partial charge in [-0.15, -0.1) is 0 Å². The van der Waals surface area contributed by atoms with Crippen LogP contribution in [0, 0.1) is 5.82 Å². The minimum atomic E-state index is -0.787. The van der Waals surface area contributed by atoms with Gasteiger partial charge in [-0.1, -0.05) is 29.8 Å². The number of carbonyl (C=O) groups is 2. The van der Waals surface area contributed by atoms with E-state index in [1.54, 1.807) is 18.2 Å². The summed E-state index contributed by atoms with van der Waals surface area (Å²) in [6.07, 6.45) is 0. The Kier molecular flexibility index (Phi) is 5.73. The topological polar surface area (TPSA) is 77.8 Å². The number of fused-ring (bicyclic) bond motifs is 1. The number of methoxy groups -OCH3 is 1. The van der Waals surface area contributed by atoms with Crippen molar-refractivity contribution in [1.82, 2.24) is 0 Å². The lowest BCUT2D eigenvalue weighted by Crippen LogP contribution is -2.21. The van der Waals surface area contributed by atoms with Crippen LogP contribution >= 0.6 is 11.6 Å². The predicted octanol–water partition coefficient (Wildman–Crippen LogP) is 4.17. The third-order valence-electron chi connectivity index (χ3n) is 3.71. The van der Waals surface area contributed by atoms with Crippen molar-refractivity contribution in [2.24, 2.45) is 0 Å². The summed E-state index contributed by atoms with van der Waals surface area (Å²) in [5.74, 6) is -2.01. The molecule has 0 aliphatic carbocycles. The molecular formula is C19H15ClFNO5. The van der Waals surface area contributed by atoms with Gasteiger partial charge in [-0.3, -0.25) is 4.79 Å². The van der Waals surface area contributed by atoms with Gasteiger partial charge in [0.2, 0.25) is 5.76 Å². The number of amides is 1. The van der Waals surface area contributed by atoms with E-state index in [0.29, 0.717) is 11.1 Å². The average Bonchev–Trinajstić information content (AvgIpc) is 3.02. The molecule has 1 amide bonds. The number of hydrogen-bond acceptors (Lipinski definition) is 5. The lowest BCUT2D eigenvalue weighted by Gasteiger charge is -2.07. The van der Waals surface area contributed by atoms with Gasteiger partial charge in [-0.2, -0.15) is 0 Å². The SMILES string of the molecule is COCc1c(C(=O)OCC(=O)Nc2ccc(F)c(Cl)c2)oc2ccccc12. The van der Waals surface area contributed by atoms with Crippen LogP contribution in [0.15, 0.2) is 46.9 Å². The van der Waals surface area contributed by atoms with Crippen molar-refractivity contribution < 1.29 is 27.9 Å². The highest BCUT2D eigenvalue weighted by Gasteiger charge is 2.22. The van der Waals surface area contributed by atoms with E-state index >= 15 is 0 Å². The van der Waals surface area contributed by atoms with E-state index in [4.69, 9.17) is 25.5 Å². The number of carbonyl (C=O) groups excluding carboxylic acids is 2. The van der Waals surface area contributed by atoms with E-state index < -0.39 is 24.3 Å². The highest BCUT2D eigenvalue weighted by Crippen LogP contribution is 2.27. The summed E-state index contributed by atoms with van der Waals surface area (Å²) in [6, 6.07) is 10.8. The molecule has 3 aromatic rings. The molecule has 0 atom stereocenters. The highest BCUT2D eigenvalue weighted by atomic mass is 35.5. The summed E-state index contributed by atoms with van der Waals surface area (Å²) in [6.45, 7) is -0.390. The first-order chi connectivity index (χ1) is 13.0. The van der Waals surface area contributed by atoms with Crippen LogP contribution in [0.5, 0.6) is 0 Å². The maximum absolute atomic E-state index is 13.1. The molecular weight excluding hydrogens is 377 g/mol. The zero-order chi connectivity index (χ0) is 19.4. The van der Waals surface area contributed by atoms with Gasteiger partial charge in [0, 0.05) is 23.7 Å². The fourth-order valence-corrected chi connectivity index (χ4v) is 2.70. The van der Waals surface area contributed by atoms with Gasteiger partial charge in [0.25, 0.3) is 5.91 Å². The summed E-state index contributed by atoms with van der Waals surface area (Å²) in [5, 5.41) is 3.07. The molecule has 0 unspecified atom stereocenters. The van der Waals surface area contributed by atoms with E-state index in [1.165, 1.54) is 19.2 Å². The molecule has 27 heavy (non-hydrogen) atoms. The molecule has 1 heterocycles. The van der Waals surface area contributed by atoms with Crippen molar-refractivity contribution in [3.8, 4) is 0 Å². The Morgan fingerprint density at radius 2 is 2.00 bits per heavy atom. The van der Waals surface area contributed by atoms with Crippen molar-refractivity contribution in [1.29, 1.82) is 0 Å². The predicted molar refractivity (Wildman–Crippen MR) is 97.2 cm³/mol. The highest BCUT2D eigenvalue weighted by molar-refractivity contribution is 6.31. The van der Waals surface area contributed by atoms with Crippen molar-refractivity contribution in [2.45, 2.75) is 6.61 Å². The van der Waals surface area contributed by atoms with Crippen molar-refractivity contribution in [3.05, 3.63) is 64.6 Å². The summed E-state index contributed by atoms with van der Waals surface area (Å²) in [5.41, 5.74) is 1.34. The van der Waals surface area contributed by atoms with Crippen LogP contribution in [0.3, 0.4) is 0 Å². The zero-order valence-electron chi connectivity index (χ0n) is 14.3. The van der Waals surface area contributed by atoms with Crippen molar-refractivity contribution in [2.75, 3.05) is 19.0 Å². The van der Waals surface area contributed by atoms with Crippen LogP contribution in [0.2, 0.25) is 5.02 Å². The monoisotopic (exact) mass is 391 g/mol. The maximum atomic E-state index is 13.1. The van der Waals surface area contributed by atoms with E-state index in [9.17, 15) is 14.0 Å². The van der Waals surface area contributed by atoms with E-state index in [2.05, 4.69) is 5.32 Å². The van der Waals surface area contributed by atoms with Crippen LogP contribution in [-0.4, -0.2) is 25.6 Å². The average molecular weight is 392 g/mol. The zero-order valence-corrected chi connectivity index (χ0v) is 15.0. The Bertz CT molecular complexity index is 1000. The molecule has 8 heteroatoms. The molecule has 3 rings (SSSR count). The van der Waals surface area contributed by atoms with Crippen LogP contribution < -0.4 is 5.32 Å². The number of benzene rings is 2. The lowest BCUT2D eigenvalue weighted by atomic mass is 10.1. The summed E-state index contributed by atoms with van der Waals surface area (Å²) in [7, 11) is 1.50. The molecule has 0 radical (unpaired) electrons. The van der Waals surface area contributed by atoms with Crippen LogP contribution in [0.1, 0.15) is 16.1 Å². The van der Waals surface area contributed by atoms with Crippen LogP contribution in [0.25, 0.3) is 11.0 Å². The van der Waals surface area contributed by atoms with Gasteiger partial charge in [0.15, 0.2) is 6.61 Å². The molecule has 0 spiro atoms. The van der Waals surface area contributed by atoms with E-state index in [-0.39, 0.29) is 23.1 Å². The molecule has 0 aliphatic rings. The smallest absolute Gasteiger partial charge is 0.375 e. The first kappa shape index (κ1) is 18.9. The van der Waals surface area contributed by atoms with Gasteiger partial charge in [-0.25, -0.2) is 9.18 Å². The van der Waals surface area contributed by atoms with Gasteiger partial charge < -0.3 is 19.2 Å². The molecule has 0 bridgehead atoms. The Balaban J connectivity index is 1.68. The Morgan fingerprint density at radius 3 is 2.74 bits per heavy atom. The second kappa shape index (κ2) is 8.20. The minimum Gasteiger partial charge on any atom is -0.450 e. The quantitative estimate of drug-likeness (QED) is 0.638. The van der Waals surface area contributed by atoms with Gasteiger partial charge >= 0.3 is 5.97 Å². The number of anilines is 1. The number of nitrogens with one attached hydrogen (secondary N) is 1. The fraction of sp³-hybridized carbons (Fsp3) is 0.158. The largest absolute Gasteiger partial charge is 0.450 e. The van der Waals surface area contributed by atoms with Crippen LogP contribution in [0.4, 0.5) is 10.1 Å². The second-order valence-corrected chi connectivity index (χ2v) is 6.00. The van der Waals surface area contributed by atoms with Gasteiger partial charge in [0.05, 0.1) is 11.6 Å². The van der Waals surface area contributed by atoms with Crippen LogP contribution in [-0.2, 0) is 20.9 Å². The second-order valence-electron chi connectivity index (χ2n) is 5.59. The standard InChI is InChI=1S/C19H15ClFNO5/c1-25-9-13-12-4-2-3-5-16(12)27-18(13)19(24)26-10-17(23)22-11-6-7-15(21)14(20)8-11/h2-8H,9-10H2,1H3,(H,22,23).